The minimum absolute atomic E-state index is 0.355. The molecule has 2 aliphatic rings. The number of nitrogens with two attached hydrogens (primary N) is 1. The smallest absolute Gasteiger partial charge is 0.228 e. The molecule has 29 heavy (non-hydrogen) atoms. The molecule has 3 aromatic rings. The molecule has 0 unspecified atom stereocenters. The number of hydrogen-bond donors (Lipinski definition) is 1. The standard InChI is InChI=1S/C20H26N8O/c1-26-6-4-15(5-7-26)28-19-16(13-23-28)18(14-2-3-17(21)22-12-14)24-20(25-19)27-8-10-29-11-9-27/h2-3,12-13,15H,4-11H2,1H3,(H2,21,22). The monoisotopic (exact) mass is 394 g/mol. The molecule has 2 aliphatic heterocycles. The van der Waals surface area contributed by atoms with Crippen molar-refractivity contribution in [2.75, 3.05) is 57.1 Å². The number of hydrogen-bond acceptors (Lipinski definition) is 8. The molecule has 9 heteroatoms. The second kappa shape index (κ2) is 7.57. The molecule has 0 aromatic carbocycles. The summed E-state index contributed by atoms with van der Waals surface area (Å²) >= 11 is 0. The summed E-state index contributed by atoms with van der Waals surface area (Å²) in [7, 11) is 2.17. The number of aromatic nitrogens is 5. The van der Waals surface area contributed by atoms with E-state index in [9.17, 15) is 0 Å². The van der Waals surface area contributed by atoms with Crippen molar-refractivity contribution < 1.29 is 4.74 Å². The van der Waals surface area contributed by atoms with E-state index in [1.807, 2.05) is 12.3 Å². The highest BCUT2D eigenvalue weighted by molar-refractivity contribution is 5.91. The molecule has 0 bridgehead atoms. The van der Waals surface area contributed by atoms with Gasteiger partial charge in [0.15, 0.2) is 5.65 Å². The van der Waals surface area contributed by atoms with Crippen LogP contribution in [0.4, 0.5) is 11.8 Å². The number of piperidine rings is 1. The Kier molecular flexibility index (Phi) is 4.76. The van der Waals surface area contributed by atoms with Crippen molar-refractivity contribution in [3.05, 3.63) is 24.5 Å². The van der Waals surface area contributed by atoms with Gasteiger partial charge in [0.05, 0.1) is 36.5 Å². The van der Waals surface area contributed by atoms with Crippen molar-refractivity contribution >= 4 is 22.8 Å². The fourth-order valence-corrected chi connectivity index (χ4v) is 4.09. The van der Waals surface area contributed by atoms with Crippen LogP contribution in [0.3, 0.4) is 0 Å². The maximum absolute atomic E-state index is 5.79. The summed E-state index contributed by atoms with van der Waals surface area (Å²) in [6.45, 7) is 5.09. The zero-order valence-electron chi connectivity index (χ0n) is 16.7. The van der Waals surface area contributed by atoms with Crippen molar-refractivity contribution in [3.63, 3.8) is 0 Å². The molecular formula is C20H26N8O. The second-order valence-electron chi connectivity index (χ2n) is 7.80. The van der Waals surface area contributed by atoms with E-state index in [1.165, 1.54) is 0 Å². The molecule has 0 amide bonds. The summed E-state index contributed by atoms with van der Waals surface area (Å²) in [4.78, 5) is 18.7. The van der Waals surface area contributed by atoms with Crippen molar-refractivity contribution in [2.24, 2.45) is 0 Å². The van der Waals surface area contributed by atoms with Crippen LogP contribution in [0.15, 0.2) is 24.5 Å². The van der Waals surface area contributed by atoms with E-state index in [1.54, 1.807) is 12.3 Å². The average Bonchev–Trinajstić information content (AvgIpc) is 3.19. The van der Waals surface area contributed by atoms with E-state index < -0.39 is 0 Å². The van der Waals surface area contributed by atoms with Gasteiger partial charge in [-0.15, -0.1) is 0 Å². The minimum Gasteiger partial charge on any atom is -0.384 e. The van der Waals surface area contributed by atoms with Crippen molar-refractivity contribution in [1.29, 1.82) is 0 Å². The van der Waals surface area contributed by atoms with Crippen LogP contribution in [0, 0.1) is 0 Å². The normalized spacial score (nSPS) is 19.1. The van der Waals surface area contributed by atoms with E-state index in [-0.39, 0.29) is 0 Å². The van der Waals surface area contributed by atoms with Crippen LogP contribution in [0.25, 0.3) is 22.3 Å². The topological polar surface area (TPSA) is 98.2 Å². The zero-order chi connectivity index (χ0) is 19.8. The Morgan fingerprint density at radius 1 is 1.03 bits per heavy atom. The highest BCUT2D eigenvalue weighted by atomic mass is 16.5. The molecule has 152 valence electrons. The summed E-state index contributed by atoms with van der Waals surface area (Å²) in [6, 6.07) is 4.12. The Labute approximate surface area is 169 Å². The van der Waals surface area contributed by atoms with E-state index in [0.29, 0.717) is 25.1 Å². The Morgan fingerprint density at radius 2 is 1.83 bits per heavy atom. The summed E-state index contributed by atoms with van der Waals surface area (Å²) in [5.74, 6) is 1.22. The maximum atomic E-state index is 5.79. The molecule has 5 heterocycles. The first kappa shape index (κ1) is 18.3. The molecule has 0 radical (unpaired) electrons. The van der Waals surface area contributed by atoms with Crippen LogP contribution in [-0.4, -0.2) is 76.1 Å². The van der Waals surface area contributed by atoms with Crippen LogP contribution in [0.2, 0.25) is 0 Å². The van der Waals surface area contributed by atoms with Crippen LogP contribution in [0.1, 0.15) is 18.9 Å². The SMILES string of the molecule is CN1CCC(n2ncc3c(-c4ccc(N)nc4)nc(N4CCOCC4)nc32)CC1. The van der Waals surface area contributed by atoms with Gasteiger partial charge in [0.25, 0.3) is 0 Å². The zero-order valence-corrected chi connectivity index (χ0v) is 16.7. The number of fused-ring (bicyclic) bond motifs is 1. The van der Waals surface area contributed by atoms with Crippen LogP contribution in [-0.2, 0) is 4.74 Å². The van der Waals surface area contributed by atoms with Crippen molar-refractivity contribution in [1.82, 2.24) is 29.6 Å². The number of anilines is 2. The average molecular weight is 394 g/mol. The molecule has 0 atom stereocenters. The van der Waals surface area contributed by atoms with Gasteiger partial charge in [-0.05, 0) is 45.1 Å². The Morgan fingerprint density at radius 3 is 2.55 bits per heavy atom. The third kappa shape index (κ3) is 3.51. The summed E-state index contributed by atoms with van der Waals surface area (Å²) < 4.78 is 7.61. The predicted molar refractivity (Wildman–Crippen MR) is 112 cm³/mol. The minimum atomic E-state index is 0.355. The highest BCUT2D eigenvalue weighted by Crippen LogP contribution is 2.31. The fraction of sp³-hybridized carbons (Fsp3) is 0.500. The lowest BCUT2D eigenvalue weighted by Gasteiger charge is -2.30. The first-order chi connectivity index (χ1) is 14.2. The molecule has 0 saturated carbocycles. The largest absolute Gasteiger partial charge is 0.384 e. The van der Waals surface area contributed by atoms with E-state index in [2.05, 4.69) is 26.5 Å². The van der Waals surface area contributed by atoms with Crippen LogP contribution >= 0.6 is 0 Å². The number of ether oxygens (including phenoxy) is 1. The van der Waals surface area contributed by atoms with Gasteiger partial charge >= 0.3 is 0 Å². The number of likely N-dealkylation sites (tertiary alicyclic amines) is 1. The molecular weight excluding hydrogens is 368 g/mol. The number of pyridine rings is 1. The Hall–Kier alpha value is -2.78. The molecule has 2 fully saturated rings. The van der Waals surface area contributed by atoms with Gasteiger partial charge in [0.2, 0.25) is 5.95 Å². The van der Waals surface area contributed by atoms with Gasteiger partial charge in [-0.3, -0.25) is 0 Å². The molecule has 0 spiro atoms. The molecule has 2 N–H and O–H groups in total. The first-order valence-corrected chi connectivity index (χ1v) is 10.2. The van der Waals surface area contributed by atoms with Gasteiger partial charge < -0.3 is 20.3 Å². The predicted octanol–water partition coefficient (Wildman–Crippen LogP) is 1.57. The van der Waals surface area contributed by atoms with Crippen molar-refractivity contribution in [3.8, 4) is 11.3 Å². The van der Waals surface area contributed by atoms with Crippen LogP contribution < -0.4 is 10.6 Å². The van der Waals surface area contributed by atoms with Gasteiger partial charge in [0.1, 0.15) is 5.82 Å². The first-order valence-electron chi connectivity index (χ1n) is 10.2. The number of nitrogens with zero attached hydrogens (tertiary/aromatic N) is 7. The maximum Gasteiger partial charge on any atom is 0.228 e. The second-order valence-corrected chi connectivity index (χ2v) is 7.80. The highest BCUT2D eigenvalue weighted by Gasteiger charge is 2.24. The van der Waals surface area contributed by atoms with Crippen molar-refractivity contribution in [2.45, 2.75) is 18.9 Å². The lowest BCUT2D eigenvalue weighted by atomic mass is 10.1. The van der Waals surface area contributed by atoms with Gasteiger partial charge in [-0.25, -0.2) is 14.6 Å². The molecule has 5 rings (SSSR count). The quantitative estimate of drug-likeness (QED) is 0.715. The lowest BCUT2D eigenvalue weighted by Crippen LogP contribution is -2.37. The number of rotatable bonds is 3. The number of nitrogen functional groups attached to an aromatic ring is 1. The van der Waals surface area contributed by atoms with Crippen LogP contribution in [0.5, 0.6) is 0 Å². The lowest BCUT2D eigenvalue weighted by molar-refractivity contribution is 0.122. The molecule has 2 saturated heterocycles. The fourth-order valence-electron chi connectivity index (χ4n) is 4.09. The van der Waals surface area contributed by atoms with Gasteiger partial charge in [0, 0.05) is 24.8 Å². The third-order valence-corrected chi connectivity index (χ3v) is 5.83. The van der Waals surface area contributed by atoms with E-state index in [4.69, 9.17) is 25.5 Å². The Balaban J connectivity index is 1.63. The molecule has 9 nitrogen and oxygen atoms in total. The summed E-state index contributed by atoms with van der Waals surface area (Å²) in [5.41, 5.74) is 8.45. The Bertz CT molecular complexity index is 988. The van der Waals surface area contributed by atoms with Gasteiger partial charge in [-0.2, -0.15) is 10.1 Å². The summed E-state index contributed by atoms with van der Waals surface area (Å²) in [6.07, 6.45) is 5.81. The van der Waals surface area contributed by atoms with Gasteiger partial charge in [-0.1, -0.05) is 0 Å². The molecule has 3 aromatic heterocycles. The number of morpholine rings is 1. The summed E-state index contributed by atoms with van der Waals surface area (Å²) in [5, 5.41) is 5.69. The third-order valence-electron chi connectivity index (χ3n) is 5.83. The van der Waals surface area contributed by atoms with E-state index in [0.717, 1.165) is 67.3 Å². The molecule has 0 aliphatic carbocycles. The van der Waals surface area contributed by atoms with E-state index >= 15 is 0 Å².